The molecule has 2 N–H and O–H groups in total. The fourth-order valence-electron chi connectivity index (χ4n) is 2.70. The Morgan fingerprint density at radius 1 is 1.14 bits per heavy atom. The molecule has 0 aliphatic carbocycles. The number of nitrogens with one attached hydrogen (secondary N) is 1. The SMILES string of the molecule is CC(=O)Nc1ccc(O)cc1.CN1C(=O)CCS(=O)(=O)C1c1ccc(Cl)cc1. The average Bonchev–Trinajstić information content (AvgIpc) is 2.62. The molecule has 1 aliphatic rings. The molecule has 0 aromatic heterocycles. The van der Waals surface area contributed by atoms with Gasteiger partial charge in [-0.3, -0.25) is 9.59 Å². The number of hydrogen-bond acceptors (Lipinski definition) is 5. The summed E-state index contributed by atoms with van der Waals surface area (Å²) in [5.41, 5.74) is 1.26. The molecule has 0 radical (unpaired) electrons. The Balaban J connectivity index is 0.000000221. The molecule has 1 aliphatic heterocycles. The van der Waals surface area contributed by atoms with E-state index in [1.807, 2.05) is 0 Å². The maximum absolute atomic E-state index is 12.0. The van der Waals surface area contributed by atoms with Crippen LogP contribution < -0.4 is 5.32 Å². The van der Waals surface area contributed by atoms with Crippen LogP contribution in [-0.4, -0.2) is 43.0 Å². The molecule has 2 aromatic rings. The normalized spacial score (nSPS) is 18.0. The van der Waals surface area contributed by atoms with E-state index < -0.39 is 15.2 Å². The number of rotatable bonds is 2. The molecule has 2 amide bonds. The van der Waals surface area contributed by atoms with Crippen LogP contribution in [0.5, 0.6) is 5.75 Å². The molecular formula is C19H21ClN2O5S. The van der Waals surface area contributed by atoms with E-state index in [0.717, 1.165) is 0 Å². The van der Waals surface area contributed by atoms with Crippen molar-refractivity contribution >= 4 is 38.9 Å². The molecule has 150 valence electrons. The Hall–Kier alpha value is -2.58. The lowest BCUT2D eigenvalue weighted by Gasteiger charge is -2.32. The number of nitrogens with zero attached hydrogens (tertiary/aromatic N) is 1. The van der Waals surface area contributed by atoms with E-state index in [4.69, 9.17) is 16.7 Å². The van der Waals surface area contributed by atoms with Gasteiger partial charge in [0.1, 0.15) is 5.75 Å². The van der Waals surface area contributed by atoms with Gasteiger partial charge >= 0.3 is 0 Å². The molecular weight excluding hydrogens is 404 g/mol. The van der Waals surface area contributed by atoms with Crippen LogP contribution in [0.1, 0.15) is 24.3 Å². The van der Waals surface area contributed by atoms with Crippen molar-refractivity contribution in [3.05, 3.63) is 59.1 Å². The standard InChI is InChI=1S/C11H12ClNO3S.C8H9NO2/c1-13-10(14)6-7-17(15,16)11(13)8-2-4-9(12)5-3-8;1-6(10)9-7-2-4-8(11)5-3-7/h2-5,11H,6-7H2,1H3;2-5,11H,1H3,(H,9,10). The smallest absolute Gasteiger partial charge is 0.224 e. The van der Waals surface area contributed by atoms with Crippen molar-refractivity contribution in [2.45, 2.75) is 18.7 Å². The van der Waals surface area contributed by atoms with Crippen molar-refractivity contribution in [3.63, 3.8) is 0 Å². The van der Waals surface area contributed by atoms with Gasteiger partial charge in [-0.05, 0) is 42.0 Å². The third-order valence-electron chi connectivity index (χ3n) is 4.03. The molecule has 3 rings (SSSR count). The van der Waals surface area contributed by atoms with Gasteiger partial charge in [0.2, 0.25) is 11.8 Å². The van der Waals surface area contributed by atoms with Crippen molar-refractivity contribution in [2.24, 2.45) is 0 Å². The molecule has 7 nitrogen and oxygen atoms in total. The van der Waals surface area contributed by atoms with E-state index in [1.165, 1.54) is 31.0 Å². The number of carbonyl (C=O) groups is 2. The molecule has 0 bridgehead atoms. The lowest BCUT2D eigenvalue weighted by atomic mass is 10.2. The summed E-state index contributed by atoms with van der Waals surface area (Å²) in [5, 5.41) is 11.1. The van der Waals surface area contributed by atoms with Crippen LogP contribution in [0.25, 0.3) is 0 Å². The van der Waals surface area contributed by atoms with Crippen molar-refractivity contribution < 1.29 is 23.1 Å². The van der Waals surface area contributed by atoms with E-state index in [-0.39, 0.29) is 29.7 Å². The highest BCUT2D eigenvalue weighted by molar-refractivity contribution is 7.91. The Bertz CT molecular complexity index is 943. The van der Waals surface area contributed by atoms with E-state index in [0.29, 0.717) is 16.3 Å². The summed E-state index contributed by atoms with van der Waals surface area (Å²) in [4.78, 5) is 23.4. The maximum Gasteiger partial charge on any atom is 0.224 e. The molecule has 1 fully saturated rings. The molecule has 1 unspecified atom stereocenters. The number of anilines is 1. The second-order valence-electron chi connectivity index (χ2n) is 6.25. The number of aromatic hydroxyl groups is 1. The van der Waals surface area contributed by atoms with Gasteiger partial charge in [-0.25, -0.2) is 8.42 Å². The summed E-state index contributed by atoms with van der Waals surface area (Å²) in [5.74, 6) is -0.168. The lowest BCUT2D eigenvalue weighted by molar-refractivity contribution is -0.130. The van der Waals surface area contributed by atoms with Crippen molar-refractivity contribution in [2.75, 3.05) is 18.1 Å². The minimum absolute atomic E-state index is 0.0585. The Kier molecular flexibility index (Phi) is 7.04. The summed E-state index contributed by atoms with van der Waals surface area (Å²) in [6, 6.07) is 12.8. The first-order chi connectivity index (χ1) is 13.1. The number of amides is 2. The fourth-order valence-corrected chi connectivity index (χ4v) is 4.68. The summed E-state index contributed by atoms with van der Waals surface area (Å²) in [6.07, 6.45) is 0.0585. The summed E-state index contributed by atoms with van der Waals surface area (Å²) >= 11 is 5.76. The molecule has 0 spiro atoms. The minimum atomic E-state index is -3.31. The molecule has 1 atom stereocenters. The third kappa shape index (κ3) is 5.71. The van der Waals surface area contributed by atoms with Crippen molar-refractivity contribution in [3.8, 4) is 5.75 Å². The number of sulfone groups is 1. The highest BCUT2D eigenvalue weighted by atomic mass is 35.5. The first-order valence-electron chi connectivity index (χ1n) is 8.39. The van der Waals surface area contributed by atoms with Crippen LogP contribution in [-0.2, 0) is 19.4 Å². The van der Waals surface area contributed by atoms with Gasteiger partial charge in [-0.1, -0.05) is 23.7 Å². The molecule has 1 heterocycles. The van der Waals surface area contributed by atoms with E-state index in [2.05, 4.69) is 5.32 Å². The predicted molar refractivity (Wildman–Crippen MR) is 108 cm³/mol. The van der Waals surface area contributed by atoms with Gasteiger partial charge in [0.25, 0.3) is 0 Å². The highest BCUT2D eigenvalue weighted by Crippen LogP contribution is 2.31. The van der Waals surface area contributed by atoms with Gasteiger partial charge in [0, 0.05) is 31.1 Å². The fraction of sp³-hybridized carbons (Fsp3) is 0.263. The minimum Gasteiger partial charge on any atom is -0.508 e. The van der Waals surface area contributed by atoms with Crippen LogP contribution >= 0.6 is 11.6 Å². The van der Waals surface area contributed by atoms with Gasteiger partial charge in [-0.2, -0.15) is 0 Å². The highest BCUT2D eigenvalue weighted by Gasteiger charge is 2.38. The predicted octanol–water partition coefficient (Wildman–Crippen LogP) is 2.97. The Labute approximate surface area is 168 Å². The van der Waals surface area contributed by atoms with Crippen molar-refractivity contribution in [1.29, 1.82) is 0 Å². The monoisotopic (exact) mass is 424 g/mol. The number of benzene rings is 2. The van der Waals surface area contributed by atoms with Crippen LogP contribution in [0.3, 0.4) is 0 Å². The quantitative estimate of drug-likeness (QED) is 0.721. The van der Waals surface area contributed by atoms with Crippen LogP contribution in [0, 0.1) is 0 Å². The average molecular weight is 425 g/mol. The summed E-state index contributed by atoms with van der Waals surface area (Å²) in [6.45, 7) is 1.44. The van der Waals surface area contributed by atoms with Gasteiger partial charge < -0.3 is 15.3 Å². The molecule has 9 heteroatoms. The van der Waals surface area contributed by atoms with Gasteiger partial charge in [-0.15, -0.1) is 0 Å². The van der Waals surface area contributed by atoms with Gasteiger partial charge in [0.05, 0.1) is 5.75 Å². The van der Waals surface area contributed by atoms with E-state index in [9.17, 15) is 18.0 Å². The maximum atomic E-state index is 12.0. The van der Waals surface area contributed by atoms with Gasteiger partial charge in [0.15, 0.2) is 15.2 Å². The largest absolute Gasteiger partial charge is 0.508 e. The second kappa shape index (κ2) is 9.07. The number of phenols is 1. The zero-order valence-electron chi connectivity index (χ0n) is 15.4. The summed E-state index contributed by atoms with van der Waals surface area (Å²) < 4.78 is 24.0. The molecule has 1 saturated heterocycles. The zero-order chi connectivity index (χ0) is 20.9. The number of phenolic OH excluding ortho intramolecular Hbond substituents is 1. The van der Waals surface area contributed by atoms with E-state index in [1.54, 1.807) is 36.4 Å². The lowest BCUT2D eigenvalue weighted by Crippen LogP contribution is -2.42. The summed E-state index contributed by atoms with van der Waals surface area (Å²) in [7, 11) is -1.80. The van der Waals surface area contributed by atoms with Crippen LogP contribution in [0.4, 0.5) is 5.69 Å². The first-order valence-corrected chi connectivity index (χ1v) is 10.5. The second-order valence-corrected chi connectivity index (χ2v) is 8.87. The third-order valence-corrected chi connectivity index (χ3v) is 6.32. The van der Waals surface area contributed by atoms with E-state index >= 15 is 0 Å². The Morgan fingerprint density at radius 2 is 1.71 bits per heavy atom. The molecule has 2 aromatic carbocycles. The van der Waals surface area contributed by atoms with Crippen LogP contribution in [0.15, 0.2) is 48.5 Å². The topological polar surface area (TPSA) is 104 Å². The molecule has 28 heavy (non-hydrogen) atoms. The Morgan fingerprint density at radius 3 is 2.25 bits per heavy atom. The number of halogens is 1. The molecule has 0 saturated carbocycles. The first kappa shape index (κ1) is 21.7. The van der Waals surface area contributed by atoms with Crippen molar-refractivity contribution in [1.82, 2.24) is 4.90 Å². The number of carbonyl (C=O) groups excluding carboxylic acids is 2. The number of hydrogen-bond donors (Lipinski definition) is 2. The van der Waals surface area contributed by atoms with Crippen LogP contribution in [0.2, 0.25) is 5.02 Å². The zero-order valence-corrected chi connectivity index (χ0v) is 17.0.